The summed E-state index contributed by atoms with van der Waals surface area (Å²) < 4.78 is 11.6. The van der Waals surface area contributed by atoms with Crippen LogP contribution in [0.15, 0.2) is 21.3 Å². The van der Waals surface area contributed by atoms with Crippen molar-refractivity contribution in [1.82, 2.24) is 10.6 Å². The monoisotopic (exact) mass is 536 g/mol. The molecule has 0 fully saturated rings. The van der Waals surface area contributed by atoms with E-state index in [4.69, 9.17) is 9.15 Å². The smallest absolute Gasteiger partial charge is 0.340 e. The molecule has 0 saturated carbocycles. The molecule has 196 valence electrons. The van der Waals surface area contributed by atoms with Crippen LogP contribution in [0.2, 0.25) is 0 Å². The van der Waals surface area contributed by atoms with Crippen LogP contribution in [-0.4, -0.2) is 64.6 Å². The number of hydrogen-bond donors (Lipinski definition) is 3. The van der Waals surface area contributed by atoms with E-state index < -0.39 is 35.5 Å². The standard InChI is InChI=1S/C25H32N2O7S2/c1-13-15-8-14-6-7-25(2,3)34-19(14)10-20(15)33-24(32)16(13)9-21(28)26-17(11-35-4)22(29)27-18(12-36-5)23(30)31/h8,10,17-18H,6-7,9,11-12H2,1-5H3,(H,26,28)(H,27,29)(H,30,31)/t17-,18+/m1/s1. The Morgan fingerprint density at radius 3 is 2.42 bits per heavy atom. The number of carboxylic acids is 1. The molecule has 3 N–H and O–H groups in total. The van der Waals surface area contributed by atoms with Crippen LogP contribution in [0.25, 0.3) is 11.0 Å². The van der Waals surface area contributed by atoms with Gasteiger partial charge in [-0.1, -0.05) is 0 Å². The molecule has 1 aromatic carbocycles. The molecule has 0 spiro atoms. The van der Waals surface area contributed by atoms with Gasteiger partial charge in [-0.05, 0) is 63.3 Å². The van der Waals surface area contributed by atoms with Crippen LogP contribution in [0.5, 0.6) is 5.75 Å². The van der Waals surface area contributed by atoms with E-state index in [0.717, 1.165) is 23.8 Å². The summed E-state index contributed by atoms with van der Waals surface area (Å²) in [5.74, 6) is -1.12. The second-order valence-electron chi connectivity index (χ2n) is 9.42. The van der Waals surface area contributed by atoms with Crippen molar-refractivity contribution in [3.05, 3.63) is 39.2 Å². The number of nitrogens with one attached hydrogen (secondary N) is 2. The Hall–Kier alpha value is -2.66. The Morgan fingerprint density at radius 1 is 1.11 bits per heavy atom. The highest BCUT2D eigenvalue weighted by Crippen LogP contribution is 2.36. The second-order valence-corrected chi connectivity index (χ2v) is 11.2. The lowest BCUT2D eigenvalue weighted by atomic mass is 9.92. The molecule has 36 heavy (non-hydrogen) atoms. The summed E-state index contributed by atoms with van der Waals surface area (Å²) in [5.41, 5.74) is 1.34. The highest BCUT2D eigenvalue weighted by atomic mass is 32.2. The Bertz CT molecular complexity index is 1230. The zero-order chi connectivity index (χ0) is 26.6. The van der Waals surface area contributed by atoms with E-state index in [1.165, 1.54) is 23.5 Å². The summed E-state index contributed by atoms with van der Waals surface area (Å²) in [5, 5.41) is 15.2. The maximum absolute atomic E-state index is 12.9. The van der Waals surface area contributed by atoms with Gasteiger partial charge in [-0.15, -0.1) is 0 Å². The number of fused-ring (bicyclic) bond motifs is 2. The number of hydrogen-bond acceptors (Lipinski definition) is 8. The molecule has 1 aromatic heterocycles. The van der Waals surface area contributed by atoms with Gasteiger partial charge in [0.1, 0.15) is 29.0 Å². The third-order valence-corrected chi connectivity index (χ3v) is 7.45. The first-order valence-electron chi connectivity index (χ1n) is 11.5. The van der Waals surface area contributed by atoms with Gasteiger partial charge >= 0.3 is 11.6 Å². The third kappa shape index (κ3) is 6.56. The van der Waals surface area contributed by atoms with Gasteiger partial charge in [0.05, 0.1) is 12.0 Å². The lowest BCUT2D eigenvalue weighted by molar-refractivity contribution is -0.141. The SMILES string of the molecule is CSC[C@H](NC(=O)[C@@H](CSC)NC(=O)Cc1c(C)c2cc3c(cc2oc1=O)OC(C)(C)CC3)C(=O)O. The normalized spacial score (nSPS) is 15.9. The number of carbonyl (C=O) groups is 3. The van der Waals surface area contributed by atoms with Crippen molar-refractivity contribution in [2.24, 2.45) is 0 Å². The number of carbonyl (C=O) groups excluding carboxylic acids is 2. The van der Waals surface area contributed by atoms with E-state index in [2.05, 4.69) is 10.6 Å². The first kappa shape index (κ1) is 27.9. The van der Waals surface area contributed by atoms with Crippen LogP contribution >= 0.6 is 23.5 Å². The van der Waals surface area contributed by atoms with Crippen LogP contribution in [0.4, 0.5) is 0 Å². The number of thioether (sulfide) groups is 2. The summed E-state index contributed by atoms with van der Waals surface area (Å²) in [4.78, 5) is 49.8. The molecule has 0 saturated heterocycles. The number of benzene rings is 1. The zero-order valence-electron chi connectivity index (χ0n) is 21.1. The number of aryl methyl sites for hydroxylation is 2. The van der Waals surface area contributed by atoms with Crippen molar-refractivity contribution in [3.8, 4) is 5.75 Å². The van der Waals surface area contributed by atoms with Crippen molar-refractivity contribution >= 4 is 52.3 Å². The first-order chi connectivity index (χ1) is 17.0. The lowest BCUT2D eigenvalue weighted by Gasteiger charge is -2.32. The highest BCUT2D eigenvalue weighted by Gasteiger charge is 2.29. The number of carboxylic acid groups (broad SMARTS) is 1. The fourth-order valence-electron chi connectivity index (χ4n) is 4.11. The molecule has 0 unspecified atom stereocenters. The Labute approximate surface area is 218 Å². The van der Waals surface area contributed by atoms with Gasteiger partial charge in [0.2, 0.25) is 11.8 Å². The van der Waals surface area contributed by atoms with Crippen LogP contribution in [0.1, 0.15) is 37.0 Å². The molecule has 1 aliphatic rings. The average molecular weight is 537 g/mol. The molecule has 2 atom stereocenters. The fourth-order valence-corrected chi connectivity index (χ4v) is 5.24. The molecule has 0 radical (unpaired) electrons. The van der Waals surface area contributed by atoms with E-state index in [1.807, 2.05) is 19.9 Å². The minimum atomic E-state index is -1.15. The van der Waals surface area contributed by atoms with E-state index >= 15 is 0 Å². The van der Waals surface area contributed by atoms with Crippen molar-refractivity contribution in [1.29, 1.82) is 0 Å². The summed E-state index contributed by atoms with van der Waals surface area (Å²) in [6.45, 7) is 5.80. The van der Waals surface area contributed by atoms with Crippen LogP contribution in [0, 0.1) is 6.92 Å². The molecule has 2 heterocycles. The van der Waals surface area contributed by atoms with Crippen LogP contribution in [0.3, 0.4) is 0 Å². The molecule has 2 amide bonds. The van der Waals surface area contributed by atoms with E-state index in [9.17, 15) is 24.3 Å². The van der Waals surface area contributed by atoms with E-state index in [0.29, 0.717) is 16.9 Å². The van der Waals surface area contributed by atoms with Crippen LogP contribution in [-0.2, 0) is 27.2 Å². The number of rotatable bonds is 10. The summed E-state index contributed by atoms with van der Waals surface area (Å²) >= 11 is 2.63. The third-order valence-electron chi connectivity index (χ3n) is 6.12. The Morgan fingerprint density at radius 2 is 1.78 bits per heavy atom. The molecule has 1 aliphatic heterocycles. The van der Waals surface area contributed by atoms with Crippen molar-refractivity contribution < 1.29 is 28.6 Å². The number of aliphatic carboxylic acids is 1. The van der Waals surface area contributed by atoms with E-state index in [1.54, 1.807) is 25.5 Å². The quantitative estimate of drug-likeness (QED) is 0.392. The minimum Gasteiger partial charge on any atom is -0.487 e. The zero-order valence-corrected chi connectivity index (χ0v) is 22.7. The molecular weight excluding hydrogens is 504 g/mol. The second kappa shape index (κ2) is 11.6. The number of ether oxygens (including phenoxy) is 1. The lowest BCUT2D eigenvalue weighted by Crippen LogP contribution is -2.53. The van der Waals surface area contributed by atoms with Gasteiger partial charge in [0, 0.05) is 23.0 Å². The van der Waals surface area contributed by atoms with Gasteiger partial charge in [-0.3, -0.25) is 9.59 Å². The maximum atomic E-state index is 12.9. The van der Waals surface area contributed by atoms with Gasteiger partial charge in [0.15, 0.2) is 0 Å². The summed E-state index contributed by atoms with van der Waals surface area (Å²) in [6, 6.07) is 1.66. The molecule has 3 rings (SSSR count). The van der Waals surface area contributed by atoms with Gasteiger partial charge in [0.25, 0.3) is 0 Å². The molecule has 2 aromatic rings. The largest absolute Gasteiger partial charge is 0.487 e. The topological polar surface area (TPSA) is 135 Å². The fraction of sp³-hybridized carbons (Fsp3) is 0.520. The predicted octanol–water partition coefficient (Wildman–Crippen LogP) is 2.53. The van der Waals surface area contributed by atoms with E-state index in [-0.39, 0.29) is 29.1 Å². The average Bonchev–Trinajstić information content (AvgIpc) is 2.79. The minimum absolute atomic E-state index is 0.199. The predicted molar refractivity (Wildman–Crippen MR) is 142 cm³/mol. The van der Waals surface area contributed by atoms with Crippen molar-refractivity contribution in [2.75, 3.05) is 24.0 Å². The van der Waals surface area contributed by atoms with Crippen molar-refractivity contribution in [2.45, 2.75) is 57.7 Å². The Balaban J connectivity index is 1.81. The first-order valence-corrected chi connectivity index (χ1v) is 14.3. The van der Waals surface area contributed by atoms with Crippen molar-refractivity contribution in [3.63, 3.8) is 0 Å². The van der Waals surface area contributed by atoms with Gasteiger partial charge in [-0.2, -0.15) is 23.5 Å². The molecule has 11 heteroatoms. The molecular formula is C25H32N2O7S2. The Kier molecular flexibility index (Phi) is 8.99. The maximum Gasteiger partial charge on any atom is 0.340 e. The highest BCUT2D eigenvalue weighted by molar-refractivity contribution is 7.98. The molecule has 9 nitrogen and oxygen atoms in total. The summed E-state index contributed by atoms with van der Waals surface area (Å²) in [6.07, 6.45) is 4.93. The molecule has 0 bridgehead atoms. The number of amides is 2. The van der Waals surface area contributed by atoms with Crippen LogP contribution < -0.4 is 21.0 Å². The van der Waals surface area contributed by atoms with Gasteiger partial charge in [-0.25, -0.2) is 9.59 Å². The molecule has 0 aliphatic carbocycles. The summed E-state index contributed by atoms with van der Waals surface area (Å²) in [7, 11) is 0. The van der Waals surface area contributed by atoms with Gasteiger partial charge < -0.3 is 24.9 Å².